The number of carbonyl (C=O) groups is 1. The molecule has 0 aromatic carbocycles. The van der Waals surface area contributed by atoms with Gasteiger partial charge in [0.25, 0.3) is 5.56 Å². The summed E-state index contributed by atoms with van der Waals surface area (Å²) >= 11 is 0. The lowest BCUT2D eigenvalue weighted by molar-refractivity contribution is 0.0524. The number of esters is 1. The van der Waals surface area contributed by atoms with E-state index in [1.165, 1.54) is 12.6 Å². The van der Waals surface area contributed by atoms with Crippen molar-refractivity contribution >= 4 is 11.9 Å². The van der Waals surface area contributed by atoms with Gasteiger partial charge in [-0.3, -0.25) is 15.2 Å². The van der Waals surface area contributed by atoms with E-state index in [-0.39, 0.29) is 12.2 Å². The Balaban J connectivity index is 2.05. The molecule has 0 atom stereocenters. The number of rotatable bonds is 4. The zero-order valence-corrected chi connectivity index (χ0v) is 10.9. The normalized spacial score (nSPS) is 16.1. The first-order chi connectivity index (χ1) is 9.20. The summed E-state index contributed by atoms with van der Waals surface area (Å²) in [6.45, 7) is 3.75. The van der Waals surface area contributed by atoms with Gasteiger partial charge in [-0.2, -0.15) is 0 Å². The van der Waals surface area contributed by atoms with Crippen LogP contribution >= 0.6 is 0 Å². The molecule has 2 N–H and O–H groups in total. The molecule has 7 nitrogen and oxygen atoms in total. The van der Waals surface area contributed by atoms with E-state index in [2.05, 4.69) is 15.4 Å². The fourth-order valence-corrected chi connectivity index (χ4v) is 1.96. The van der Waals surface area contributed by atoms with E-state index in [4.69, 9.17) is 4.74 Å². The molecule has 2 rings (SSSR count). The third-order valence-corrected chi connectivity index (χ3v) is 2.91. The molecule has 1 aliphatic rings. The topological polar surface area (TPSA) is 87.3 Å². The SMILES string of the molecule is CCOC(=O)c1cnc(NN2CCCCC2)[nH]c1=O. The number of hydrogen-bond donors (Lipinski definition) is 2. The third-order valence-electron chi connectivity index (χ3n) is 2.91. The van der Waals surface area contributed by atoms with Crippen molar-refractivity contribution in [1.82, 2.24) is 15.0 Å². The van der Waals surface area contributed by atoms with Gasteiger partial charge in [-0.15, -0.1) is 0 Å². The Kier molecular flexibility index (Phi) is 4.51. The maximum absolute atomic E-state index is 11.7. The number of carbonyl (C=O) groups excluding carboxylic acids is 1. The summed E-state index contributed by atoms with van der Waals surface area (Å²) in [5.41, 5.74) is 2.46. The Hall–Kier alpha value is -1.89. The Bertz CT molecular complexity index is 494. The van der Waals surface area contributed by atoms with Crippen molar-refractivity contribution in [1.29, 1.82) is 0 Å². The van der Waals surface area contributed by atoms with Gasteiger partial charge in [0.15, 0.2) is 0 Å². The first-order valence-corrected chi connectivity index (χ1v) is 6.48. The Labute approximate surface area is 111 Å². The monoisotopic (exact) mass is 266 g/mol. The second kappa shape index (κ2) is 6.33. The minimum absolute atomic E-state index is 0.0777. The number of piperidine rings is 1. The van der Waals surface area contributed by atoms with Gasteiger partial charge in [-0.05, 0) is 19.8 Å². The van der Waals surface area contributed by atoms with Crippen LogP contribution in [0.15, 0.2) is 11.0 Å². The lowest BCUT2D eigenvalue weighted by Crippen LogP contribution is -2.36. The summed E-state index contributed by atoms with van der Waals surface area (Å²) in [5, 5.41) is 2.01. The second-order valence-corrected chi connectivity index (χ2v) is 4.35. The first kappa shape index (κ1) is 13.5. The van der Waals surface area contributed by atoms with Gasteiger partial charge >= 0.3 is 5.97 Å². The van der Waals surface area contributed by atoms with Crippen LogP contribution in [0.4, 0.5) is 5.95 Å². The largest absolute Gasteiger partial charge is 0.462 e. The molecule has 1 aromatic heterocycles. The van der Waals surface area contributed by atoms with Crippen LogP contribution in [0.3, 0.4) is 0 Å². The highest BCUT2D eigenvalue weighted by atomic mass is 16.5. The molecule has 2 heterocycles. The number of anilines is 1. The number of hydrogen-bond acceptors (Lipinski definition) is 6. The molecule has 1 fully saturated rings. The van der Waals surface area contributed by atoms with Gasteiger partial charge in [-0.1, -0.05) is 6.42 Å². The molecule has 0 bridgehead atoms. The molecule has 1 aliphatic heterocycles. The van der Waals surface area contributed by atoms with Crippen molar-refractivity contribution in [2.45, 2.75) is 26.2 Å². The average molecular weight is 266 g/mol. The van der Waals surface area contributed by atoms with Crippen LogP contribution in [0.25, 0.3) is 0 Å². The van der Waals surface area contributed by atoms with Crippen LogP contribution < -0.4 is 11.0 Å². The fourth-order valence-electron chi connectivity index (χ4n) is 1.96. The van der Waals surface area contributed by atoms with E-state index in [0.29, 0.717) is 5.95 Å². The molecule has 104 valence electrons. The molecule has 0 unspecified atom stereocenters. The standard InChI is InChI=1S/C12H18N4O3/c1-2-19-11(18)9-8-13-12(14-10(9)17)15-16-6-4-3-5-7-16/h8H,2-7H2,1H3,(H2,13,14,15,17). The third kappa shape index (κ3) is 3.54. The molecule has 0 amide bonds. The van der Waals surface area contributed by atoms with E-state index >= 15 is 0 Å². The van der Waals surface area contributed by atoms with Gasteiger partial charge in [-0.25, -0.2) is 14.8 Å². The Morgan fingerprint density at radius 1 is 1.47 bits per heavy atom. The predicted octanol–water partition coefficient (Wildman–Crippen LogP) is 0.759. The molecule has 0 saturated carbocycles. The number of nitrogens with zero attached hydrogens (tertiary/aromatic N) is 2. The molecular weight excluding hydrogens is 248 g/mol. The summed E-state index contributed by atoms with van der Waals surface area (Å²) in [7, 11) is 0. The van der Waals surface area contributed by atoms with Gasteiger partial charge in [0.1, 0.15) is 5.56 Å². The number of aromatic amines is 1. The van der Waals surface area contributed by atoms with Crippen LogP contribution in [-0.4, -0.2) is 40.6 Å². The van der Waals surface area contributed by atoms with Gasteiger partial charge < -0.3 is 4.74 Å². The van der Waals surface area contributed by atoms with Crippen molar-refractivity contribution in [3.8, 4) is 0 Å². The lowest BCUT2D eigenvalue weighted by Gasteiger charge is -2.26. The van der Waals surface area contributed by atoms with E-state index in [9.17, 15) is 9.59 Å². The minimum Gasteiger partial charge on any atom is -0.462 e. The Morgan fingerprint density at radius 2 is 2.21 bits per heavy atom. The second-order valence-electron chi connectivity index (χ2n) is 4.35. The minimum atomic E-state index is -0.652. The number of ether oxygens (including phenoxy) is 1. The molecule has 19 heavy (non-hydrogen) atoms. The van der Waals surface area contributed by atoms with Crippen LogP contribution in [0.5, 0.6) is 0 Å². The van der Waals surface area contributed by atoms with Crippen molar-refractivity contribution in [3.63, 3.8) is 0 Å². The van der Waals surface area contributed by atoms with Gasteiger partial charge in [0, 0.05) is 13.1 Å². The number of H-pyrrole nitrogens is 1. The summed E-state index contributed by atoms with van der Waals surface area (Å²) < 4.78 is 4.77. The van der Waals surface area contributed by atoms with Crippen LogP contribution in [0.2, 0.25) is 0 Å². The van der Waals surface area contributed by atoms with Crippen LogP contribution in [0.1, 0.15) is 36.5 Å². The summed E-state index contributed by atoms with van der Waals surface area (Å²) in [4.78, 5) is 29.8. The number of nitrogens with one attached hydrogen (secondary N) is 2. The van der Waals surface area contributed by atoms with E-state index in [0.717, 1.165) is 25.9 Å². The zero-order valence-electron chi connectivity index (χ0n) is 10.9. The molecule has 7 heteroatoms. The summed E-state index contributed by atoms with van der Waals surface area (Å²) in [6, 6.07) is 0. The molecule has 0 radical (unpaired) electrons. The average Bonchev–Trinajstić information content (AvgIpc) is 2.40. The highest BCUT2D eigenvalue weighted by molar-refractivity contribution is 5.88. The zero-order chi connectivity index (χ0) is 13.7. The lowest BCUT2D eigenvalue weighted by atomic mass is 10.2. The van der Waals surface area contributed by atoms with E-state index in [1.807, 2.05) is 5.01 Å². The smallest absolute Gasteiger partial charge is 0.345 e. The summed E-state index contributed by atoms with van der Waals surface area (Å²) in [6.07, 6.45) is 4.71. The molecule has 1 saturated heterocycles. The number of hydrazine groups is 1. The van der Waals surface area contributed by atoms with E-state index in [1.54, 1.807) is 6.92 Å². The first-order valence-electron chi connectivity index (χ1n) is 6.48. The maximum Gasteiger partial charge on any atom is 0.345 e. The molecular formula is C12H18N4O3. The Morgan fingerprint density at radius 3 is 2.84 bits per heavy atom. The number of aromatic nitrogens is 2. The summed E-state index contributed by atoms with van der Waals surface area (Å²) in [5.74, 6) is -0.305. The molecule has 0 spiro atoms. The fraction of sp³-hybridized carbons (Fsp3) is 0.583. The van der Waals surface area contributed by atoms with Crippen LogP contribution in [-0.2, 0) is 4.74 Å². The van der Waals surface area contributed by atoms with Crippen LogP contribution in [0, 0.1) is 0 Å². The predicted molar refractivity (Wildman–Crippen MR) is 69.9 cm³/mol. The van der Waals surface area contributed by atoms with Gasteiger partial charge in [0.2, 0.25) is 5.95 Å². The molecule has 0 aliphatic carbocycles. The molecule has 1 aromatic rings. The van der Waals surface area contributed by atoms with Crippen molar-refractivity contribution < 1.29 is 9.53 Å². The van der Waals surface area contributed by atoms with Crippen molar-refractivity contribution in [2.24, 2.45) is 0 Å². The highest BCUT2D eigenvalue weighted by Crippen LogP contribution is 2.09. The van der Waals surface area contributed by atoms with Gasteiger partial charge in [0.05, 0.1) is 12.8 Å². The quantitative estimate of drug-likeness (QED) is 0.782. The van der Waals surface area contributed by atoms with Crippen molar-refractivity contribution in [3.05, 3.63) is 22.1 Å². The van der Waals surface area contributed by atoms with Crippen molar-refractivity contribution in [2.75, 3.05) is 25.1 Å². The maximum atomic E-state index is 11.7. The van der Waals surface area contributed by atoms with E-state index < -0.39 is 11.5 Å². The highest BCUT2D eigenvalue weighted by Gasteiger charge is 2.14.